The number of nitro benzene ring substituents is 2. The molecule has 500 valence electrons. The Kier molecular flexibility index (Phi) is 28.5. The van der Waals surface area contributed by atoms with Gasteiger partial charge in [0, 0.05) is 75.5 Å². The predicted octanol–water partition coefficient (Wildman–Crippen LogP) is 6.75. The second-order valence-corrected chi connectivity index (χ2v) is 26.4. The first kappa shape index (κ1) is 72.7. The highest BCUT2D eigenvalue weighted by molar-refractivity contribution is 7.89. The number of nitrogens with two attached hydrogens (primary N) is 2. The Hall–Kier alpha value is -8.36. The lowest BCUT2D eigenvalue weighted by Gasteiger charge is -2.33. The number of esters is 1. The lowest BCUT2D eigenvalue weighted by atomic mass is 10.0. The molecule has 2 fully saturated rings. The number of ether oxygens (including phenoxy) is 7. The fourth-order valence-corrected chi connectivity index (χ4v) is 12.9. The van der Waals surface area contributed by atoms with Crippen molar-refractivity contribution >= 4 is 61.4 Å². The molecular formula is C62H81N9O19S2. The topological polar surface area (TPSA) is 382 Å². The van der Waals surface area contributed by atoms with Crippen LogP contribution in [0.15, 0.2) is 143 Å². The molecule has 7 N–H and O–H groups in total. The Bertz CT molecular complexity index is 3380. The zero-order valence-electron chi connectivity index (χ0n) is 51.7. The number of carbonyl (C=O) groups is 4. The molecule has 5 aromatic carbocycles. The summed E-state index contributed by atoms with van der Waals surface area (Å²) >= 11 is 0. The molecular weight excluding hydrogens is 1240 g/mol. The number of carbonyl (C=O) groups excluding carboxylic acids is 4. The van der Waals surface area contributed by atoms with Crippen molar-refractivity contribution in [2.24, 2.45) is 17.6 Å². The van der Waals surface area contributed by atoms with Crippen LogP contribution in [0, 0.1) is 32.1 Å². The number of hydrogen-bond donors (Lipinski definition) is 5. The molecule has 7 rings (SSSR count). The largest absolute Gasteiger partial charge is 0.514 e. The Labute approximate surface area is 534 Å². The summed E-state index contributed by atoms with van der Waals surface area (Å²) in [7, 11) is -8.36. The summed E-state index contributed by atoms with van der Waals surface area (Å²) in [4.78, 5) is 73.3. The van der Waals surface area contributed by atoms with Crippen LogP contribution in [0.25, 0.3) is 0 Å². The second kappa shape index (κ2) is 36.0. The molecule has 2 saturated heterocycles. The molecule has 92 heavy (non-hydrogen) atoms. The molecule has 28 nitrogen and oxygen atoms in total. The molecule has 0 unspecified atom stereocenters. The van der Waals surface area contributed by atoms with Crippen molar-refractivity contribution < 1.29 is 79.0 Å². The Balaban J connectivity index is 0.000000295. The van der Waals surface area contributed by atoms with E-state index in [1.807, 2.05) is 44.2 Å². The monoisotopic (exact) mass is 1320 g/mol. The van der Waals surface area contributed by atoms with E-state index in [0.29, 0.717) is 63.5 Å². The van der Waals surface area contributed by atoms with Gasteiger partial charge in [0.05, 0.1) is 77.7 Å². The number of anilines is 1. The number of nitro groups is 2. The maximum atomic E-state index is 14.0. The van der Waals surface area contributed by atoms with Crippen LogP contribution < -0.4 is 32.2 Å². The zero-order valence-corrected chi connectivity index (χ0v) is 53.3. The molecule has 0 aromatic heterocycles. The normalized spacial score (nSPS) is 16.1. The van der Waals surface area contributed by atoms with Crippen LogP contribution in [0.1, 0.15) is 58.1 Å². The summed E-state index contributed by atoms with van der Waals surface area (Å²) in [6.07, 6.45) is -4.72. The van der Waals surface area contributed by atoms with Gasteiger partial charge in [0.25, 0.3) is 11.4 Å². The molecule has 2 heterocycles. The van der Waals surface area contributed by atoms with Crippen molar-refractivity contribution in [2.75, 3.05) is 78.0 Å². The van der Waals surface area contributed by atoms with Crippen molar-refractivity contribution in [1.29, 1.82) is 0 Å². The van der Waals surface area contributed by atoms with Crippen LogP contribution in [0.3, 0.4) is 0 Å². The van der Waals surface area contributed by atoms with E-state index in [9.17, 15) is 56.2 Å². The van der Waals surface area contributed by atoms with E-state index < -0.39 is 97.2 Å². The van der Waals surface area contributed by atoms with Gasteiger partial charge in [-0.2, -0.15) is 8.61 Å². The molecule has 0 radical (unpaired) electrons. The predicted molar refractivity (Wildman–Crippen MR) is 337 cm³/mol. The van der Waals surface area contributed by atoms with Gasteiger partial charge in [-0.1, -0.05) is 88.4 Å². The highest BCUT2D eigenvalue weighted by Crippen LogP contribution is 2.26. The average molecular weight is 1320 g/mol. The van der Waals surface area contributed by atoms with E-state index in [0.717, 1.165) is 46.3 Å². The lowest BCUT2D eigenvalue weighted by Crippen LogP contribution is -2.53. The van der Waals surface area contributed by atoms with Gasteiger partial charge in [-0.25, -0.2) is 31.2 Å². The van der Waals surface area contributed by atoms with E-state index in [1.165, 1.54) is 40.7 Å². The zero-order chi connectivity index (χ0) is 66.8. The lowest BCUT2D eigenvalue weighted by molar-refractivity contribution is -0.385. The van der Waals surface area contributed by atoms with Gasteiger partial charge < -0.3 is 60.6 Å². The van der Waals surface area contributed by atoms with Crippen LogP contribution in [0.2, 0.25) is 0 Å². The molecule has 0 bridgehead atoms. The molecule has 0 aliphatic carbocycles. The van der Waals surface area contributed by atoms with E-state index in [1.54, 1.807) is 44.2 Å². The summed E-state index contributed by atoms with van der Waals surface area (Å²) in [6.45, 7) is 9.47. The molecule has 5 aromatic rings. The fraction of sp³-hybridized carbons (Fsp3) is 0.452. The highest BCUT2D eigenvalue weighted by Gasteiger charge is 2.38. The SMILES string of the molecule is CC(C)CN(C[C@@H](OC(=O)CCNCCN)[C@H](Cc1ccccc1)NC(=O)O[C@H]1CCOC1)S(=O)(=O)c1ccc(N)cc1.CC(C)CN(C[C@@H](OC(=O)Oc1ccc([N+](=O)[O-])cc1)[C@H](Cc1ccccc1)NC(=O)O[C@H]1CCOC1)S(=O)(=O)c1ccc([N+](=O)[O-])cc1. The van der Waals surface area contributed by atoms with Gasteiger partial charge in [-0.3, -0.25) is 25.0 Å². The summed E-state index contributed by atoms with van der Waals surface area (Å²) in [6, 6.07) is 31.3. The van der Waals surface area contributed by atoms with Gasteiger partial charge in [0.15, 0.2) is 0 Å². The van der Waals surface area contributed by atoms with Crippen molar-refractivity contribution in [3.63, 3.8) is 0 Å². The first-order valence-electron chi connectivity index (χ1n) is 29.9. The second-order valence-electron chi connectivity index (χ2n) is 22.5. The molecule has 2 amide bonds. The molecule has 0 saturated carbocycles. The number of nitrogen functional groups attached to an aromatic ring is 1. The van der Waals surface area contributed by atoms with Crippen LogP contribution in [-0.4, -0.2) is 168 Å². The maximum absolute atomic E-state index is 14.0. The quantitative estimate of drug-likeness (QED) is 0.00565. The van der Waals surface area contributed by atoms with Gasteiger partial charge in [0.2, 0.25) is 20.0 Å². The standard InChI is InChI=1S/C32H36N4O12S.C30H45N5O7S/c1-22(2)19-34(49(43,44)28-14-10-25(11-15-28)36(41)42)20-30(48-32(38)47-26-12-8-24(9-13-26)35(39)40)29(18-23-6-4-3-5-7-23)33-31(37)46-27-16-17-45-21-27;1-22(2)19-35(43(38,39)26-10-8-24(32)9-11-26)20-28(42-29(36)12-15-33-16-14-31)27(18-23-6-4-3-5-7-23)34-30(37)41-25-13-17-40-21-25/h3-15,22,27,29-30H,16-21H2,1-2H3,(H,33,37);3-11,22,25,27-28,33H,12-21,31-32H2,1-2H3,(H,34,37)/t27-,29-,30+;25-,27-,28+/m00/s1. The van der Waals surface area contributed by atoms with Crippen molar-refractivity contribution in [3.8, 4) is 5.75 Å². The number of alkyl carbamates (subject to hydrolysis) is 2. The number of amides is 2. The van der Waals surface area contributed by atoms with Crippen molar-refractivity contribution in [1.82, 2.24) is 24.6 Å². The summed E-state index contributed by atoms with van der Waals surface area (Å²) in [5.74, 6) is -0.900. The molecule has 2 aliphatic heterocycles. The van der Waals surface area contributed by atoms with Gasteiger partial charge in [-0.05, 0) is 84.3 Å². The molecule has 6 atom stereocenters. The van der Waals surface area contributed by atoms with E-state index in [-0.39, 0.29) is 84.3 Å². The third kappa shape index (κ3) is 23.7. The third-order valence-corrected chi connectivity index (χ3v) is 17.8. The minimum absolute atomic E-state index is 0.0350. The van der Waals surface area contributed by atoms with Crippen LogP contribution in [0.4, 0.5) is 31.4 Å². The average Bonchev–Trinajstić information content (AvgIpc) is 0.898. The van der Waals surface area contributed by atoms with Crippen LogP contribution >= 0.6 is 0 Å². The Morgan fingerprint density at radius 3 is 1.42 bits per heavy atom. The summed E-state index contributed by atoms with van der Waals surface area (Å²) < 4.78 is 96.8. The van der Waals surface area contributed by atoms with Crippen LogP contribution in [-0.2, 0) is 66.1 Å². The van der Waals surface area contributed by atoms with E-state index in [4.69, 9.17) is 44.6 Å². The minimum Gasteiger partial charge on any atom is -0.459 e. The Morgan fingerprint density at radius 2 is 1.02 bits per heavy atom. The minimum atomic E-state index is -4.34. The first-order chi connectivity index (χ1) is 43.9. The van der Waals surface area contributed by atoms with Gasteiger partial charge >= 0.3 is 24.3 Å². The van der Waals surface area contributed by atoms with Crippen LogP contribution in [0.5, 0.6) is 5.75 Å². The summed E-state index contributed by atoms with van der Waals surface area (Å²) in [5, 5.41) is 30.9. The number of nitrogens with one attached hydrogen (secondary N) is 3. The van der Waals surface area contributed by atoms with E-state index in [2.05, 4.69) is 16.0 Å². The van der Waals surface area contributed by atoms with Crippen molar-refractivity contribution in [2.45, 2.75) is 106 Å². The highest BCUT2D eigenvalue weighted by atomic mass is 32.2. The molecule has 0 spiro atoms. The number of sulfonamides is 2. The molecule has 2 aliphatic rings. The summed E-state index contributed by atoms with van der Waals surface area (Å²) in [5.41, 5.74) is 12.8. The number of rotatable bonds is 32. The number of hydrogen-bond acceptors (Lipinski definition) is 22. The number of benzene rings is 5. The van der Waals surface area contributed by atoms with Crippen molar-refractivity contribution in [3.05, 3.63) is 165 Å². The fourth-order valence-electron chi connectivity index (χ4n) is 9.63. The smallest absolute Gasteiger partial charge is 0.459 e. The first-order valence-corrected chi connectivity index (χ1v) is 32.8. The Morgan fingerprint density at radius 1 is 0.598 bits per heavy atom. The van der Waals surface area contributed by atoms with E-state index >= 15 is 0 Å². The number of nitrogens with zero attached hydrogens (tertiary/aromatic N) is 4. The van der Waals surface area contributed by atoms with Gasteiger partial charge in [0.1, 0.15) is 30.2 Å². The third-order valence-electron chi connectivity index (χ3n) is 14.1. The molecule has 30 heteroatoms. The van der Waals surface area contributed by atoms with Gasteiger partial charge in [-0.15, -0.1) is 0 Å². The maximum Gasteiger partial charge on any atom is 0.514 e. The number of non-ortho nitro benzene ring substituents is 2.